The molecule has 2 N–H and O–H groups in total. The largest absolute Gasteiger partial charge is 0.390 e. The van der Waals surface area contributed by atoms with E-state index in [-0.39, 0.29) is 6.10 Å². The fourth-order valence-corrected chi connectivity index (χ4v) is 2.57. The second-order valence-electron chi connectivity index (χ2n) is 5.40. The van der Waals surface area contributed by atoms with Gasteiger partial charge in [-0.15, -0.1) is 0 Å². The van der Waals surface area contributed by atoms with Crippen molar-refractivity contribution < 1.29 is 5.11 Å². The van der Waals surface area contributed by atoms with Gasteiger partial charge < -0.3 is 10.4 Å². The van der Waals surface area contributed by atoms with Gasteiger partial charge in [-0.2, -0.15) is 0 Å². The van der Waals surface area contributed by atoms with Gasteiger partial charge in [-0.05, 0) is 26.2 Å². The molecular formula is C13H28N2O. The van der Waals surface area contributed by atoms with Crippen LogP contribution in [0.15, 0.2) is 0 Å². The summed E-state index contributed by atoms with van der Waals surface area (Å²) in [6.45, 7) is 10.3. The first kappa shape index (κ1) is 13.9. The van der Waals surface area contributed by atoms with E-state index in [4.69, 9.17) is 0 Å². The topological polar surface area (TPSA) is 35.5 Å². The van der Waals surface area contributed by atoms with Gasteiger partial charge in [0.2, 0.25) is 0 Å². The van der Waals surface area contributed by atoms with E-state index in [1.54, 1.807) is 0 Å². The maximum Gasteiger partial charge on any atom is 0.0791 e. The number of aliphatic hydroxyl groups excluding tert-OH is 1. The molecule has 0 aliphatic carbocycles. The highest BCUT2D eigenvalue weighted by molar-refractivity contribution is 4.86. The third-order valence-corrected chi connectivity index (χ3v) is 3.61. The highest BCUT2D eigenvalue weighted by atomic mass is 16.3. The molecule has 1 fully saturated rings. The molecule has 1 aliphatic rings. The molecule has 1 aliphatic heterocycles. The minimum absolute atomic E-state index is 0.239. The molecule has 1 heterocycles. The summed E-state index contributed by atoms with van der Waals surface area (Å²) in [5.74, 6) is 0. The highest BCUT2D eigenvalue weighted by Gasteiger charge is 2.30. The van der Waals surface area contributed by atoms with Crippen LogP contribution >= 0.6 is 0 Å². The van der Waals surface area contributed by atoms with E-state index in [1.807, 2.05) is 0 Å². The van der Waals surface area contributed by atoms with Crippen molar-refractivity contribution in [1.29, 1.82) is 0 Å². The predicted molar refractivity (Wildman–Crippen MR) is 68.6 cm³/mol. The molecule has 3 heteroatoms. The van der Waals surface area contributed by atoms with Gasteiger partial charge in [0.15, 0.2) is 0 Å². The molecule has 3 unspecified atom stereocenters. The molecule has 0 radical (unpaired) electrons. The molecule has 3 atom stereocenters. The summed E-state index contributed by atoms with van der Waals surface area (Å²) in [5.41, 5.74) is 0. The Kier molecular flexibility index (Phi) is 5.73. The highest BCUT2D eigenvalue weighted by Crippen LogP contribution is 2.25. The van der Waals surface area contributed by atoms with Crippen LogP contribution in [0.3, 0.4) is 0 Å². The summed E-state index contributed by atoms with van der Waals surface area (Å²) in [6, 6.07) is 1.77. The van der Waals surface area contributed by atoms with Crippen LogP contribution in [0, 0.1) is 0 Å². The Bertz CT molecular complexity index is 196. The smallest absolute Gasteiger partial charge is 0.0791 e. The lowest BCUT2D eigenvalue weighted by Crippen LogP contribution is -2.44. The lowest BCUT2D eigenvalue weighted by molar-refractivity contribution is 0.0841. The third-order valence-electron chi connectivity index (χ3n) is 3.61. The van der Waals surface area contributed by atoms with Crippen LogP contribution in [0.4, 0.5) is 0 Å². The van der Waals surface area contributed by atoms with E-state index in [9.17, 15) is 5.11 Å². The molecule has 1 rings (SSSR count). The van der Waals surface area contributed by atoms with Crippen LogP contribution in [0.1, 0.15) is 47.0 Å². The van der Waals surface area contributed by atoms with Crippen molar-refractivity contribution in [2.45, 2.75) is 71.2 Å². The van der Waals surface area contributed by atoms with Gasteiger partial charge in [-0.3, -0.25) is 4.90 Å². The lowest BCUT2D eigenvalue weighted by Gasteiger charge is -2.30. The second kappa shape index (κ2) is 6.58. The SMILES string of the molecule is CCC1CCC(C)N1CC(O)CNC(C)C. The average molecular weight is 228 g/mol. The summed E-state index contributed by atoms with van der Waals surface area (Å²) in [4.78, 5) is 2.48. The standard InChI is InChI=1S/C13H28N2O/c1-5-12-7-6-11(4)15(12)9-13(16)8-14-10(2)3/h10-14,16H,5-9H2,1-4H3. The zero-order valence-corrected chi connectivity index (χ0v) is 11.2. The number of rotatable bonds is 6. The molecule has 0 aromatic heterocycles. The zero-order valence-electron chi connectivity index (χ0n) is 11.2. The summed E-state index contributed by atoms with van der Waals surface area (Å²) >= 11 is 0. The predicted octanol–water partition coefficient (Wildman–Crippen LogP) is 1.61. The van der Waals surface area contributed by atoms with E-state index >= 15 is 0 Å². The molecule has 3 nitrogen and oxygen atoms in total. The minimum atomic E-state index is -0.239. The molecule has 0 aromatic rings. The second-order valence-corrected chi connectivity index (χ2v) is 5.40. The van der Waals surface area contributed by atoms with E-state index in [0.29, 0.717) is 24.7 Å². The first-order valence-corrected chi connectivity index (χ1v) is 6.71. The fourth-order valence-electron chi connectivity index (χ4n) is 2.57. The van der Waals surface area contributed by atoms with Gasteiger partial charge in [0.25, 0.3) is 0 Å². The molecule has 0 spiro atoms. The number of likely N-dealkylation sites (tertiary alicyclic amines) is 1. The van der Waals surface area contributed by atoms with E-state index in [0.717, 1.165) is 6.54 Å². The van der Waals surface area contributed by atoms with Crippen molar-refractivity contribution in [3.05, 3.63) is 0 Å². The Hall–Kier alpha value is -0.120. The zero-order chi connectivity index (χ0) is 12.1. The number of nitrogens with zero attached hydrogens (tertiary/aromatic N) is 1. The first-order valence-electron chi connectivity index (χ1n) is 6.71. The van der Waals surface area contributed by atoms with Crippen molar-refractivity contribution in [3.63, 3.8) is 0 Å². The average Bonchev–Trinajstić information content (AvgIpc) is 2.57. The third kappa shape index (κ3) is 4.04. The van der Waals surface area contributed by atoms with Gasteiger partial charge in [0.05, 0.1) is 6.10 Å². The van der Waals surface area contributed by atoms with Crippen molar-refractivity contribution in [3.8, 4) is 0 Å². The molecule has 96 valence electrons. The maximum atomic E-state index is 9.99. The van der Waals surface area contributed by atoms with Gasteiger partial charge in [-0.1, -0.05) is 20.8 Å². The molecule has 16 heavy (non-hydrogen) atoms. The summed E-state index contributed by atoms with van der Waals surface area (Å²) in [5, 5.41) is 13.3. The Balaban J connectivity index is 2.33. The van der Waals surface area contributed by atoms with Crippen LogP contribution in [0.25, 0.3) is 0 Å². The van der Waals surface area contributed by atoms with E-state index in [2.05, 4.69) is 37.9 Å². The van der Waals surface area contributed by atoms with Crippen molar-refractivity contribution in [1.82, 2.24) is 10.2 Å². The van der Waals surface area contributed by atoms with Crippen LogP contribution in [-0.2, 0) is 0 Å². The first-order chi connectivity index (χ1) is 7.54. The normalized spacial score (nSPS) is 28.9. The number of hydrogen-bond acceptors (Lipinski definition) is 3. The summed E-state index contributed by atoms with van der Waals surface area (Å²) < 4.78 is 0. The van der Waals surface area contributed by atoms with Crippen LogP contribution in [-0.4, -0.2) is 47.3 Å². The van der Waals surface area contributed by atoms with Crippen molar-refractivity contribution in [2.24, 2.45) is 0 Å². The van der Waals surface area contributed by atoms with Crippen LogP contribution < -0.4 is 5.32 Å². The van der Waals surface area contributed by atoms with Gasteiger partial charge in [0, 0.05) is 31.2 Å². The van der Waals surface area contributed by atoms with Crippen LogP contribution in [0.5, 0.6) is 0 Å². The number of nitrogens with one attached hydrogen (secondary N) is 1. The minimum Gasteiger partial charge on any atom is -0.390 e. The Morgan fingerprint density at radius 1 is 1.38 bits per heavy atom. The lowest BCUT2D eigenvalue weighted by atomic mass is 10.1. The van der Waals surface area contributed by atoms with E-state index in [1.165, 1.54) is 19.3 Å². The van der Waals surface area contributed by atoms with Crippen molar-refractivity contribution >= 4 is 0 Å². The molecule has 0 bridgehead atoms. The quantitative estimate of drug-likeness (QED) is 0.725. The Morgan fingerprint density at radius 2 is 2.06 bits per heavy atom. The van der Waals surface area contributed by atoms with Crippen molar-refractivity contribution in [2.75, 3.05) is 13.1 Å². The van der Waals surface area contributed by atoms with E-state index < -0.39 is 0 Å². The van der Waals surface area contributed by atoms with Gasteiger partial charge in [-0.25, -0.2) is 0 Å². The number of hydrogen-bond donors (Lipinski definition) is 2. The molecule has 0 amide bonds. The Labute approximate surface area is 100 Å². The fraction of sp³-hybridized carbons (Fsp3) is 1.00. The van der Waals surface area contributed by atoms with Gasteiger partial charge >= 0.3 is 0 Å². The molecule has 0 aromatic carbocycles. The summed E-state index contributed by atoms with van der Waals surface area (Å²) in [6.07, 6.45) is 3.54. The maximum absolute atomic E-state index is 9.99. The number of β-amino-alcohol motifs (C(OH)–C–C–N with tert-alkyl or cyclic N) is 1. The molecule has 1 saturated heterocycles. The Morgan fingerprint density at radius 3 is 2.62 bits per heavy atom. The van der Waals surface area contributed by atoms with Gasteiger partial charge in [0.1, 0.15) is 0 Å². The summed E-state index contributed by atoms with van der Waals surface area (Å²) in [7, 11) is 0. The monoisotopic (exact) mass is 228 g/mol. The molecular weight excluding hydrogens is 200 g/mol. The van der Waals surface area contributed by atoms with Crippen LogP contribution in [0.2, 0.25) is 0 Å². The molecule has 0 saturated carbocycles. The number of aliphatic hydroxyl groups is 1.